The van der Waals surface area contributed by atoms with Crippen LogP contribution in [-0.4, -0.2) is 21.3 Å². The summed E-state index contributed by atoms with van der Waals surface area (Å²) in [4.78, 5) is 10.8. The molecule has 3 rings (SSSR count). The molecule has 1 aromatic heterocycles. The molecule has 0 saturated carbocycles. The SMILES string of the molecule is O=C(O)c1ccc(-c2nnc(COc3ccc(F)cc3)o2)cc1. The molecule has 0 atom stereocenters. The number of aromatic carboxylic acids is 1. The Morgan fingerprint density at radius 2 is 1.78 bits per heavy atom. The zero-order valence-corrected chi connectivity index (χ0v) is 11.8. The van der Waals surface area contributed by atoms with Crippen LogP contribution < -0.4 is 4.74 Å². The number of ether oxygens (including phenoxy) is 1. The van der Waals surface area contributed by atoms with Gasteiger partial charge in [0.1, 0.15) is 11.6 Å². The van der Waals surface area contributed by atoms with E-state index in [4.69, 9.17) is 14.3 Å². The van der Waals surface area contributed by atoms with Gasteiger partial charge in [0.15, 0.2) is 6.61 Å². The van der Waals surface area contributed by atoms with E-state index in [1.165, 1.54) is 36.4 Å². The first-order valence-electron chi connectivity index (χ1n) is 6.66. The molecule has 23 heavy (non-hydrogen) atoms. The van der Waals surface area contributed by atoms with Gasteiger partial charge in [-0.05, 0) is 48.5 Å². The Kier molecular flexibility index (Phi) is 4.01. The van der Waals surface area contributed by atoms with E-state index in [0.29, 0.717) is 11.3 Å². The van der Waals surface area contributed by atoms with Crippen LogP contribution in [-0.2, 0) is 6.61 Å². The van der Waals surface area contributed by atoms with Crippen molar-refractivity contribution in [3.63, 3.8) is 0 Å². The van der Waals surface area contributed by atoms with Crippen molar-refractivity contribution in [1.29, 1.82) is 0 Å². The number of aromatic nitrogens is 2. The van der Waals surface area contributed by atoms with E-state index in [0.717, 1.165) is 0 Å². The predicted octanol–water partition coefficient (Wildman–Crippen LogP) is 3.15. The molecule has 0 bridgehead atoms. The lowest BCUT2D eigenvalue weighted by Gasteiger charge is -2.02. The summed E-state index contributed by atoms with van der Waals surface area (Å²) in [6.07, 6.45) is 0. The number of carbonyl (C=O) groups is 1. The molecule has 3 aromatic rings. The quantitative estimate of drug-likeness (QED) is 0.778. The molecule has 0 radical (unpaired) electrons. The van der Waals surface area contributed by atoms with E-state index in [1.807, 2.05) is 0 Å². The molecule has 0 unspecified atom stereocenters. The van der Waals surface area contributed by atoms with Gasteiger partial charge >= 0.3 is 5.97 Å². The topological polar surface area (TPSA) is 85.5 Å². The van der Waals surface area contributed by atoms with Gasteiger partial charge in [0, 0.05) is 5.56 Å². The predicted molar refractivity (Wildman–Crippen MR) is 77.4 cm³/mol. The molecule has 7 heteroatoms. The second kappa shape index (κ2) is 6.27. The Bertz CT molecular complexity index is 813. The molecule has 1 N–H and O–H groups in total. The van der Waals surface area contributed by atoms with Crippen LogP contribution in [0.1, 0.15) is 16.2 Å². The van der Waals surface area contributed by atoms with Gasteiger partial charge in [-0.1, -0.05) is 0 Å². The lowest BCUT2D eigenvalue weighted by Crippen LogP contribution is -1.95. The van der Waals surface area contributed by atoms with Crippen LogP contribution in [0.3, 0.4) is 0 Å². The zero-order valence-electron chi connectivity index (χ0n) is 11.8. The normalized spacial score (nSPS) is 10.5. The van der Waals surface area contributed by atoms with Crippen molar-refractivity contribution in [2.24, 2.45) is 0 Å². The van der Waals surface area contributed by atoms with Gasteiger partial charge in [-0.25, -0.2) is 9.18 Å². The molecular weight excluding hydrogens is 303 g/mol. The van der Waals surface area contributed by atoms with Crippen molar-refractivity contribution >= 4 is 5.97 Å². The summed E-state index contributed by atoms with van der Waals surface area (Å²) in [5.74, 6) is -0.346. The molecule has 0 saturated heterocycles. The molecule has 0 spiro atoms. The van der Waals surface area contributed by atoms with Gasteiger partial charge in [0.25, 0.3) is 5.89 Å². The number of rotatable bonds is 5. The Morgan fingerprint density at radius 1 is 1.09 bits per heavy atom. The molecule has 0 aliphatic heterocycles. The van der Waals surface area contributed by atoms with Crippen molar-refractivity contribution in [2.75, 3.05) is 0 Å². The summed E-state index contributed by atoms with van der Waals surface area (Å²) >= 11 is 0. The average Bonchev–Trinajstić information content (AvgIpc) is 3.03. The van der Waals surface area contributed by atoms with E-state index in [9.17, 15) is 9.18 Å². The second-order valence-corrected chi connectivity index (χ2v) is 4.63. The van der Waals surface area contributed by atoms with Crippen LogP contribution in [0.4, 0.5) is 4.39 Å². The van der Waals surface area contributed by atoms with Crippen LogP contribution in [0.15, 0.2) is 52.9 Å². The second-order valence-electron chi connectivity index (χ2n) is 4.63. The molecule has 6 nitrogen and oxygen atoms in total. The maximum absolute atomic E-state index is 12.8. The summed E-state index contributed by atoms with van der Waals surface area (Å²) in [6.45, 7) is 0.0475. The summed E-state index contributed by atoms with van der Waals surface area (Å²) in [6, 6.07) is 11.7. The van der Waals surface area contributed by atoms with E-state index >= 15 is 0 Å². The lowest BCUT2D eigenvalue weighted by molar-refractivity contribution is 0.0697. The number of hydrogen-bond donors (Lipinski definition) is 1. The number of halogens is 1. The van der Waals surface area contributed by atoms with Crippen molar-refractivity contribution < 1.29 is 23.4 Å². The minimum atomic E-state index is -1.00. The van der Waals surface area contributed by atoms with Gasteiger partial charge in [-0.3, -0.25) is 0 Å². The fraction of sp³-hybridized carbons (Fsp3) is 0.0625. The Morgan fingerprint density at radius 3 is 2.43 bits per heavy atom. The monoisotopic (exact) mass is 314 g/mol. The number of hydrogen-bond acceptors (Lipinski definition) is 5. The number of carboxylic acid groups (broad SMARTS) is 1. The van der Waals surface area contributed by atoms with Crippen molar-refractivity contribution in [3.05, 3.63) is 65.8 Å². The Labute approximate surface area is 130 Å². The summed E-state index contributed by atoms with van der Waals surface area (Å²) in [5.41, 5.74) is 0.781. The molecule has 2 aromatic carbocycles. The van der Waals surface area contributed by atoms with Crippen LogP contribution in [0, 0.1) is 5.82 Å². The van der Waals surface area contributed by atoms with E-state index in [2.05, 4.69) is 10.2 Å². The van der Waals surface area contributed by atoms with Gasteiger partial charge in [0.05, 0.1) is 5.56 Å². The van der Waals surface area contributed by atoms with Gasteiger partial charge in [0.2, 0.25) is 5.89 Å². The summed E-state index contributed by atoms with van der Waals surface area (Å²) < 4.78 is 23.6. The molecular formula is C16H11FN2O4. The zero-order chi connectivity index (χ0) is 16.2. The first-order valence-corrected chi connectivity index (χ1v) is 6.66. The van der Waals surface area contributed by atoms with Crippen LogP contribution >= 0.6 is 0 Å². The van der Waals surface area contributed by atoms with Gasteiger partial charge in [-0.2, -0.15) is 0 Å². The number of benzene rings is 2. The highest BCUT2D eigenvalue weighted by molar-refractivity contribution is 5.88. The molecule has 116 valence electrons. The van der Waals surface area contributed by atoms with Crippen molar-refractivity contribution in [3.8, 4) is 17.2 Å². The Balaban J connectivity index is 1.67. The first-order chi connectivity index (χ1) is 11.1. The molecule has 0 aliphatic carbocycles. The fourth-order valence-electron chi connectivity index (χ4n) is 1.86. The van der Waals surface area contributed by atoms with E-state index in [-0.39, 0.29) is 29.8 Å². The van der Waals surface area contributed by atoms with E-state index in [1.54, 1.807) is 12.1 Å². The van der Waals surface area contributed by atoms with Gasteiger partial charge < -0.3 is 14.3 Å². The third-order valence-corrected chi connectivity index (χ3v) is 3.02. The molecule has 0 aliphatic rings. The molecule has 1 heterocycles. The smallest absolute Gasteiger partial charge is 0.335 e. The van der Waals surface area contributed by atoms with Crippen LogP contribution in [0.5, 0.6) is 5.75 Å². The highest BCUT2D eigenvalue weighted by Crippen LogP contribution is 2.19. The standard InChI is InChI=1S/C16H11FN2O4/c17-12-5-7-13(8-6-12)22-9-14-18-19-15(23-14)10-1-3-11(4-2-10)16(20)21/h1-8H,9H2,(H,20,21). The van der Waals surface area contributed by atoms with Gasteiger partial charge in [-0.15, -0.1) is 10.2 Å². The maximum atomic E-state index is 12.8. The average molecular weight is 314 g/mol. The molecule has 0 fully saturated rings. The van der Waals surface area contributed by atoms with Crippen LogP contribution in [0.25, 0.3) is 11.5 Å². The minimum Gasteiger partial charge on any atom is -0.484 e. The number of nitrogens with zero attached hydrogens (tertiary/aromatic N) is 2. The van der Waals surface area contributed by atoms with Crippen LogP contribution in [0.2, 0.25) is 0 Å². The fourth-order valence-corrected chi connectivity index (χ4v) is 1.86. The third-order valence-electron chi connectivity index (χ3n) is 3.02. The van der Waals surface area contributed by atoms with Crippen molar-refractivity contribution in [1.82, 2.24) is 10.2 Å². The lowest BCUT2D eigenvalue weighted by atomic mass is 10.1. The summed E-state index contributed by atoms with van der Waals surface area (Å²) in [5, 5.41) is 16.6. The van der Waals surface area contributed by atoms with Crippen molar-refractivity contribution in [2.45, 2.75) is 6.61 Å². The third kappa shape index (κ3) is 3.52. The first kappa shape index (κ1) is 14.7. The Hall–Kier alpha value is -3.22. The maximum Gasteiger partial charge on any atom is 0.335 e. The number of carboxylic acids is 1. The molecule has 0 amide bonds. The van der Waals surface area contributed by atoms with E-state index < -0.39 is 5.97 Å². The summed E-state index contributed by atoms with van der Waals surface area (Å²) in [7, 11) is 0. The highest BCUT2D eigenvalue weighted by Gasteiger charge is 2.10. The minimum absolute atomic E-state index is 0.0475. The largest absolute Gasteiger partial charge is 0.484 e. The highest BCUT2D eigenvalue weighted by atomic mass is 19.1.